The molecule has 0 aromatic heterocycles. The van der Waals surface area contributed by atoms with Gasteiger partial charge in [0.05, 0.1) is 0 Å². The highest BCUT2D eigenvalue weighted by Gasteiger charge is 2.17. The van der Waals surface area contributed by atoms with E-state index in [1.807, 2.05) is 18.2 Å². The number of anilines is 1. The third kappa shape index (κ3) is 4.67. The van der Waals surface area contributed by atoms with Gasteiger partial charge in [-0.15, -0.1) is 0 Å². The molecule has 0 aliphatic heterocycles. The molecule has 4 nitrogen and oxygen atoms in total. The predicted molar refractivity (Wildman–Crippen MR) is 84.5 cm³/mol. The number of hydrogen-bond donors (Lipinski definition) is 2. The van der Waals surface area contributed by atoms with Crippen molar-refractivity contribution in [2.75, 3.05) is 11.9 Å². The lowest BCUT2D eigenvalue weighted by Crippen LogP contribution is -2.14. The van der Waals surface area contributed by atoms with Crippen molar-refractivity contribution < 1.29 is 9.59 Å². The number of carbonyl (C=O) groups is 2. The van der Waals surface area contributed by atoms with E-state index >= 15 is 0 Å². The average Bonchev–Trinajstić information content (AvgIpc) is 2.48. The number of aryl methyl sites for hydroxylation is 1. The zero-order valence-electron chi connectivity index (χ0n) is 12.5. The number of ketones is 1. The van der Waals surface area contributed by atoms with Gasteiger partial charge < -0.3 is 11.1 Å². The molecule has 0 saturated heterocycles. The number of benzene rings is 1. The first-order valence-corrected chi connectivity index (χ1v) is 7.87. The Hall–Kier alpha value is -1.68. The van der Waals surface area contributed by atoms with Crippen molar-refractivity contribution in [1.29, 1.82) is 0 Å². The molecule has 0 bridgehead atoms. The van der Waals surface area contributed by atoms with E-state index in [9.17, 15) is 9.59 Å². The number of rotatable bonds is 7. The van der Waals surface area contributed by atoms with Crippen molar-refractivity contribution in [2.24, 2.45) is 5.73 Å². The Balaban J connectivity index is 1.84. The lowest BCUT2D eigenvalue weighted by molar-refractivity contribution is -0.116. The fourth-order valence-electron chi connectivity index (χ4n) is 2.71. The Morgan fingerprint density at radius 2 is 1.95 bits per heavy atom. The van der Waals surface area contributed by atoms with Crippen molar-refractivity contribution in [1.82, 2.24) is 0 Å². The van der Waals surface area contributed by atoms with Crippen LogP contribution in [-0.4, -0.2) is 18.2 Å². The van der Waals surface area contributed by atoms with Crippen molar-refractivity contribution in [3.05, 3.63) is 29.3 Å². The standard InChI is InChI=1S/C17H24N2O2/c18-11-4-2-1-3-8-17(21)19-14-10-9-13-6-5-7-16(20)15(13)12-14/h9-10,12H,1-8,11,18H2,(H,19,21). The summed E-state index contributed by atoms with van der Waals surface area (Å²) < 4.78 is 0. The van der Waals surface area contributed by atoms with Gasteiger partial charge >= 0.3 is 0 Å². The molecule has 0 fully saturated rings. The Kier molecular flexibility index (Phi) is 5.93. The topological polar surface area (TPSA) is 72.2 Å². The largest absolute Gasteiger partial charge is 0.330 e. The highest BCUT2D eigenvalue weighted by molar-refractivity contribution is 6.00. The number of carbonyl (C=O) groups excluding carboxylic acids is 2. The number of nitrogens with two attached hydrogens (primary N) is 1. The van der Waals surface area contributed by atoms with Crippen LogP contribution in [-0.2, 0) is 11.2 Å². The van der Waals surface area contributed by atoms with Crippen molar-refractivity contribution in [3.63, 3.8) is 0 Å². The summed E-state index contributed by atoms with van der Waals surface area (Å²) in [4.78, 5) is 23.7. The molecule has 21 heavy (non-hydrogen) atoms. The van der Waals surface area contributed by atoms with Gasteiger partial charge in [0.2, 0.25) is 5.91 Å². The van der Waals surface area contributed by atoms with Gasteiger partial charge in [0.25, 0.3) is 0 Å². The van der Waals surface area contributed by atoms with Crippen LogP contribution in [0.1, 0.15) is 60.9 Å². The summed E-state index contributed by atoms with van der Waals surface area (Å²) in [5.41, 5.74) is 8.05. The second-order valence-electron chi connectivity index (χ2n) is 5.65. The summed E-state index contributed by atoms with van der Waals surface area (Å²) in [7, 11) is 0. The van der Waals surface area contributed by atoms with Gasteiger partial charge in [-0.25, -0.2) is 0 Å². The minimum absolute atomic E-state index is 0.0194. The number of Topliss-reactive ketones (excluding diaryl/α,β-unsaturated/α-hetero) is 1. The molecule has 1 aromatic rings. The molecule has 0 heterocycles. The molecule has 0 unspecified atom stereocenters. The third-order valence-electron chi connectivity index (χ3n) is 3.90. The summed E-state index contributed by atoms with van der Waals surface area (Å²) in [5.74, 6) is 0.208. The smallest absolute Gasteiger partial charge is 0.224 e. The number of nitrogens with one attached hydrogen (secondary N) is 1. The Morgan fingerprint density at radius 1 is 1.14 bits per heavy atom. The minimum Gasteiger partial charge on any atom is -0.330 e. The first-order valence-electron chi connectivity index (χ1n) is 7.87. The van der Waals surface area contributed by atoms with Crippen molar-refractivity contribution in [3.8, 4) is 0 Å². The summed E-state index contributed by atoms with van der Waals surface area (Å²) in [6.07, 6.45) is 7.05. The molecule has 1 aliphatic rings. The maximum Gasteiger partial charge on any atom is 0.224 e. The lowest BCUT2D eigenvalue weighted by Gasteiger charge is -2.16. The summed E-state index contributed by atoms with van der Waals surface area (Å²) in [5, 5.41) is 2.89. The van der Waals surface area contributed by atoms with Gasteiger partial charge in [0.1, 0.15) is 0 Å². The van der Waals surface area contributed by atoms with Crippen molar-refractivity contribution in [2.45, 2.75) is 51.4 Å². The summed E-state index contributed by atoms with van der Waals surface area (Å²) in [6, 6.07) is 5.68. The molecular weight excluding hydrogens is 264 g/mol. The van der Waals surface area contributed by atoms with Crippen LogP contribution < -0.4 is 11.1 Å². The number of fused-ring (bicyclic) bond motifs is 1. The maximum absolute atomic E-state index is 11.9. The van der Waals surface area contributed by atoms with E-state index in [0.717, 1.165) is 61.9 Å². The predicted octanol–water partition coefficient (Wildman–Crippen LogP) is 3.05. The molecule has 2 rings (SSSR count). The van der Waals surface area contributed by atoms with E-state index in [0.29, 0.717) is 12.8 Å². The van der Waals surface area contributed by atoms with Crippen LogP contribution in [0.3, 0.4) is 0 Å². The van der Waals surface area contributed by atoms with Crippen LogP contribution in [0.5, 0.6) is 0 Å². The van der Waals surface area contributed by atoms with Crippen LogP contribution in [0.2, 0.25) is 0 Å². The van der Waals surface area contributed by atoms with E-state index in [1.165, 1.54) is 0 Å². The van der Waals surface area contributed by atoms with E-state index in [-0.39, 0.29) is 11.7 Å². The fraction of sp³-hybridized carbons (Fsp3) is 0.529. The van der Waals surface area contributed by atoms with Gasteiger partial charge in [-0.1, -0.05) is 18.9 Å². The lowest BCUT2D eigenvalue weighted by atomic mass is 9.90. The van der Waals surface area contributed by atoms with E-state index < -0.39 is 0 Å². The number of amides is 1. The average molecular weight is 288 g/mol. The molecule has 0 saturated carbocycles. The Morgan fingerprint density at radius 3 is 2.76 bits per heavy atom. The molecule has 0 atom stereocenters. The zero-order chi connectivity index (χ0) is 15.1. The summed E-state index contributed by atoms with van der Waals surface area (Å²) in [6.45, 7) is 0.718. The van der Waals surface area contributed by atoms with Crippen LogP contribution in [0.15, 0.2) is 18.2 Å². The highest BCUT2D eigenvalue weighted by Crippen LogP contribution is 2.24. The molecule has 0 radical (unpaired) electrons. The molecule has 1 aromatic carbocycles. The van der Waals surface area contributed by atoms with Gasteiger partial charge in [-0.05, 0) is 49.9 Å². The highest BCUT2D eigenvalue weighted by atomic mass is 16.1. The van der Waals surface area contributed by atoms with Crippen LogP contribution in [0.4, 0.5) is 5.69 Å². The monoisotopic (exact) mass is 288 g/mol. The SMILES string of the molecule is NCCCCCCC(=O)Nc1ccc2c(c1)C(=O)CCC2. The van der Waals surface area contributed by atoms with E-state index in [4.69, 9.17) is 5.73 Å². The molecule has 1 aliphatic carbocycles. The third-order valence-corrected chi connectivity index (χ3v) is 3.90. The second kappa shape index (κ2) is 7.93. The normalized spacial score (nSPS) is 13.9. The first-order chi connectivity index (χ1) is 10.2. The number of unbranched alkanes of at least 4 members (excludes halogenated alkanes) is 3. The Labute approximate surface area is 126 Å². The number of hydrogen-bond acceptors (Lipinski definition) is 3. The van der Waals surface area contributed by atoms with Crippen molar-refractivity contribution >= 4 is 17.4 Å². The van der Waals surface area contributed by atoms with E-state index in [1.54, 1.807) is 0 Å². The first kappa shape index (κ1) is 15.7. The maximum atomic E-state index is 11.9. The molecule has 1 amide bonds. The van der Waals surface area contributed by atoms with Crippen LogP contribution >= 0.6 is 0 Å². The zero-order valence-corrected chi connectivity index (χ0v) is 12.5. The molecule has 114 valence electrons. The van der Waals surface area contributed by atoms with Crippen LogP contribution in [0, 0.1) is 0 Å². The molecule has 3 N–H and O–H groups in total. The molecular formula is C17H24N2O2. The van der Waals surface area contributed by atoms with Gasteiger partial charge in [0, 0.05) is 24.1 Å². The quantitative estimate of drug-likeness (QED) is 0.757. The fourth-order valence-corrected chi connectivity index (χ4v) is 2.71. The minimum atomic E-state index is 0.0194. The molecule has 0 spiro atoms. The van der Waals surface area contributed by atoms with E-state index in [2.05, 4.69) is 5.32 Å². The van der Waals surface area contributed by atoms with Gasteiger partial charge in [0.15, 0.2) is 5.78 Å². The Bertz CT molecular complexity index is 512. The van der Waals surface area contributed by atoms with Gasteiger partial charge in [-0.2, -0.15) is 0 Å². The molecule has 4 heteroatoms. The summed E-state index contributed by atoms with van der Waals surface area (Å²) >= 11 is 0. The van der Waals surface area contributed by atoms with Gasteiger partial charge in [-0.3, -0.25) is 9.59 Å². The van der Waals surface area contributed by atoms with Crippen LogP contribution in [0.25, 0.3) is 0 Å². The second-order valence-corrected chi connectivity index (χ2v) is 5.65.